The van der Waals surface area contributed by atoms with Crippen LogP contribution in [0.25, 0.3) is 21.5 Å². The Morgan fingerprint density at radius 3 is 0.833 bits per heavy atom. The molecule has 0 radical (unpaired) electrons. The smallest absolute Gasteiger partial charge is 0.268 e. The van der Waals surface area contributed by atoms with Crippen LogP contribution >= 0.6 is 0 Å². The second-order valence-electron chi connectivity index (χ2n) is 22.9. The lowest BCUT2D eigenvalue weighted by Gasteiger charge is -2.30. The van der Waals surface area contributed by atoms with E-state index in [9.17, 15) is 28.8 Å². The van der Waals surface area contributed by atoms with Gasteiger partial charge in [0.1, 0.15) is 0 Å². The van der Waals surface area contributed by atoms with E-state index < -0.39 is 35.4 Å². The standard InChI is InChI=1S/C56H74N4O6/c1-53(2,3)37-25-35-26-38(54(4,5)6)30-42-47(35)41(29-37)49(63)59(50(42)64)45(61)33-57-23-21-19-17-15-13-14-16-18-20-22-24-58-34-46(62)60-51(65)43-31-39(55(7,8)9)27-36-28-40(56(10,11)12)32-44(48(36)43)52(60)66/h25-32,57-58H,13-24,33-34H2,1-12H3. The molecule has 0 saturated heterocycles. The van der Waals surface area contributed by atoms with Crippen molar-refractivity contribution in [2.45, 2.75) is 169 Å². The van der Waals surface area contributed by atoms with Gasteiger partial charge in [0, 0.05) is 33.0 Å². The molecule has 0 aromatic heterocycles. The van der Waals surface area contributed by atoms with Crippen LogP contribution in [0.3, 0.4) is 0 Å². The summed E-state index contributed by atoms with van der Waals surface area (Å²) in [5.74, 6) is -3.28. The lowest BCUT2D eigenvalue weighted by Crippen LogP contribution is -2.48. The van der Waals surface area contributed by atoms with Crippen molar-refractivity contribution in [2.75, 3.05) is 26.2 Å². The topological polar surface area (TPSA) is 133 Å². The highest BCUT2D eigenvalue weighted by Crippen LogP contribution is 2.40. The summed E-state index contributed by atoms with van der Waals surface area (Å²) in [5.41, 5.74) is 4.65. The summed E-state index contributed by atoms with van der Waals surface area (Å²) in [6.07, 6.45) is 10.6. The highest BCUT2D eigenvalue weighted by molar-refractivity contribution is 6.32. The number of nitrogens with one attached hydrogen (secondary N) is 2. The largest absolute Gasteiger partial charge is 0.308 e. The molecule has 66 heavy (non-hydrogen) atoms. The number of hydrogen-bond acceptors (Lipinski definition) is 8. The molecule has 2 aliphatic rings. The third-order valence-electron chi connectivity index (χ3n) is 13.3. The van der Waals surface area contributed by atoms with E-state index in [1.165, 1.54) is 0 Å². The molecule has 0 saturated carbocycles. The van der Waals surface area contributed by atoms with E-state index in [-0.39, 0.29) is 34.7 Å². The fourth-order valence-corrected chi connectivity index (χ4v) is 9.02. The number of nitrogens with zero attached hydrogens (tertiary/aromatic N) is 2. The van der Waals surface area contributed by atoms with Gasteiger partial charge in [-0.1, -0.05) is 159 Å². The molecule has 4 aromatic rings. The minimum absolute atomic E-state index is 0.0826. The molecule has 10 heteroatoms. The van der Waals surface area contributed by atoms with Crippen LogP contribution in [0.2, 0.25) is 0 Å². The maximum absolute atomic E-state index is 13.8. The predicted octanol–water partition coefficient (Wildman–Crippen LogP) is 11.2. The number of imide groups is 6. The first-order valence-corrected chi connectivity index (χ1v) is 24.3. The number of benzene rings is 4. The zero-order valence-electron chi connectivity index (χ0n) is 41.9. The number of carbonyl (C=O) groups is 6. The predicted molar refractivity (Wildman–Crippen MR) is 266 cm³/mol. The second kappa shape index (κ2) is 19.7. The zero-order chi connectivity index (χ0) is 48.5. The quantitative estimate of drug-likeness (QED) is 0.0791. The average molecular weight is 899 g/mol. The van der Waals surface area contributed by atoms with Gasteiger partial charge in [0.2, 0.25) is 0 Å². The molecule has 2 aliphatic heterocycles. The summed E-state index contributed by atoms with van der Waals surface area (Å²) in [5, 5.41) is 9.32. The average Bonchev–Trinajstić information content (AvgIpc) is 3.22. The Balaban J connectivity index is 0.861. The molecular weight excluding hydrogens is 825 g/mol. The van der Waals surface area contributed by atoms with Crippen LogP contribution in [0.1, 0.15) is 211 Å². The Labute approximate surface area is 393 Å². The molecule has 0 bridgehead atoms. The number of amides is 6. The van der Waals surface area contributed by atoms with E-state index >= 15 is 0 Å². The molecule has 2 N–H and O–H groups in total. The summed E-state index contributed by atoms with van der Waals surface area (Å²) in [6.45, 7) is 26.2. The first-order chi connectivity index (χ1) is 30.8. The van der Waals surface area contributed by atoms with Gasteiger partial charge in [-0.05, 0) is 105 Å². The molecule has 0 unspecified atom stereocenters. The number of hydrogen-bond donors (Lipinski definition) is 2. The summed E-state index contributed by atoms with van der Waals surface area (Å²) in [7, 11) is 0. The fourth-order valence-electron chi connectivity index (χ4n) is 9.02. The van der Waals surface area contributed by atoms with E-state index in [0.29, 0.717) is 46.1 Å². The van der Waals surface area contributed by atoms with Crippen LogP contribution in [0, 0.1) is 0 Å². The molecule has 6 amide bonds. The molecule has 6 rings (SSSR count). The van der Waals surface area contributed by atoms with E-state index in [1.54, 1.807) is 0 Å². The minimum atomic E-state index is -0.553. The van der Waals surface area contributed by atoms with Crippen molar-refractivity contribution in [3.05, 3.63) is 93.0 Å². The van der Waals surface area contributed by atoms with Crippen molar-refractivity contribution in [1.29, 1.82) is 0 Å². The molecule has 354 valence electrons. The minimum Gasteiger partial charge on any atom is -0.308 e. The fraction of sp³-hybridized carbons (Fsp3) is 0.536. The highest BCUT2D eigenvalue weighted by atomic mass is 16.2. The Hall–Kier alpha value is -5.06. The first kappa shape index (κ1) is 50.4. The van der Waals surface area contributed by atoms with Gasteiger partial charge in [0.15, 0.2) is 0 Å². The molecule has 0 aliphatic carbocycles. The Morgan fingerprint density at radius 2 is 0.606 bits per heavy atom. The van der Waals surface area contributed by atoms with Gasteiger partial charge in [-0.15, -0.1) is 0 Å². The van der Waals surface area contributed by atoms with Crippen molar-refractivity contribution < 1.29 is 28.8 Å². The van der Waals surface area contributed by atoms with Crippen LogP contribution in [0.15, 0.2) is 48.5 Å². The normalized spacial score (nSPS) is 14.6. The number of carbonyl (C=O) groups excluding carboxylic acids is 6. The van der Waals surface area contributed by atoms with Crippen LogP contribution in [0.4, 0.5) is 0 Å². The Bertz CT molecular complexity index is 2250. The summed E-state index contributed by atoms with van der Waals surface area (Å²) in [4.78, 5) is 83.8. The van der Waals surface area contributed by atoms with Crippen LogP contribution in [-0.2, 0) is 31.2 Å². The van der Waals surface area contributed by atoms with Crippen LogP contribution in [0.5, 0.6) is 0 Å². The van der Waals surface area contributed by atoms with Gasteiger partial charge in [-0.25, -0.2) is 9.80 Å². The second-order valence-corrected chi connectivity index (χ2v) is 22.9. The van der Waals surface area contributed by atoms with Gasteiger partial charge in [-0.2, -0.15) is 0 Å². The van der Waals surface area contributed by atoms with Crippen LogP contribution < -0.4 is 10.6 Å². The molecule has 0 atom stereocenters. The molecule has 0 fully saturated rings. The van der Waals surface area contributed by atoms with E-state index in [0.717, 1.165) is 107 Å². The van der Waals surface area contributed by atoms with Crippen molar-refractivity contribution in [2.24, 2.45) is 0 Å². The third-order valence-corrected chi connectivity index (χ3v) is 13.3. The lowest BCUT2D eigenvalue weighted by atomic mass is 9.79. The van der Waals surface area contributed by atoms with Crippen molar-refractivity contribution >= 4 is 57.0 Å². The number of rotatable bonds is 17. The zero-order valence-corrected chi connectivity index (χ0v) is 41.9. The Morgan fingerprint density at radius 1 is 0.379 bits per heavy atom. The van der Waals surface area contributed by atoms with E-state index in [4.69, 9.17) is 0 Å². The van der Waals surface area contributed by atoms with Gasteiger partial charge in [0.25, 0.3) is 35.4 Å². The summed E-state index contributed by atoms with van der Waals surface area (Å²) in [6, 6.07) is 15.7. The molecular formula is C56H74N4O6. The lowest BCUT2D eigenvalue weighted by molar-refractivity contribution is -0.126. The summed E-state index contributed by atoms with van der Waals surface area (Å²) >= 11 is 0. The van der Waals surface area contributed by atoms with Crippen LogP contribution in [-0.4, -0.2) is 71.4 Å². The maximum atomic E-state index is 13.8. The summed E-state index contributed by atoms with van der Waals surface area (Å²) < 4.78 is 0. The Kier molecular flexibility index (Phi) is 15.0. The van der Waals surface area contributed by atoms with Gasteiger partial charge in [-0.3, -0.25) is 28.8 Å². The molecule has 10 nitrogen and oxygen atoms in total. The van der Waals surface area contributed by atoms with E-state index in [1.807, 2.05) is 24.3 Å². The van der Waals surface area contributed by atoms with Gasteiger partial charge in [0.05, 0.1) is 13.1 Å². The first-order valence-electron chi connectivity index (χ1n) is 24.3. The maximum Gasteiger partial charge on any atom is 0.268 e. The van der Waals surface area contributed by atoms with Crippen molar-refractivity contribution in [1.82, 2.24) is 20.4 Å². The van der Waals surface area contributed by atoms with Gasteiger partial charge < -0.3 is 10.6 Å². The van der Waals surface area contributed by atoms with Crippen molar-refractivity contribution in [3.8, 4) is 0 Å². The molecule has 4 aromatic carbocycles. The van der Waals surface area contributed by atoms with Crippen molar-refractivity contribution in [3.63, 3.8) is 0 Å². The SMILES string of the molecule is CC(C)(C)c1cc2c3c(cc(C(C)(C)C)cc3c1)C(=O)N(C(=O)CNCCCCCCCCCCCCNCC(=O)N1C(=O)c3cc(C(C)(C)C)cc4cc(C(C)(C)C)cc(c34)C1=O)C2=O. The number of unbranched alkanes of at least 4 members (excludes halogenated alkanes) is 9. The highest BCUT2D eigenvalue weighted by Gasteiger charge is 2.40. The third kappa shape index (κ3) is 11.0. The van der Waals surface area contributed by atoms with Gasteiger partial charge >= 0.3 is 0 Å². The van der Waals surface area contributed by atoms with E-state index in [2.05, 4.69) is 118 Å². The molecule has 2 heterocycles. The molecule has 0 spiro atoms. The monoisotopic (exact) mass is 899 g/mol.